The highest BCUT2D eigenvalue weighted by Crippen LogP contribution is 2.12. The van der Waals surface area contributed by atoms with E-state index in [9.17, 15) is 0 Å². The Morgan fingerprint density at radius 1 is 1.29 bits per heavy atom. The Labute approximate surface area is 101 Å². The van der Waals surface area contributed by atoms with Crippen molar-refractivity contribution in [3.8, 4) is 0 Å². The van der Waals surface area contributed by atoms with Crippen LogP contribution in [0, 0.1) is 0 Å². The van der Waals surface area contributed by atoms with Gasteiger partial charge < -0.3 is 4.74 Å². The van der Waals surface area contributed by atoms with Crippen LogP contribution in [-0.4, -0.2) is 17.6 Å². The normalized spacial score (nSPS) is 11.6. The predicted molar refractivity (Wildman–Crippen MR) is 66.2 cm³/mol. The lowest BCUT2D eigenvalue weighted by molar-refractivity contribution is -0.672. The molecule has 0 aliphatic carbocycles. The Bertz CT molecular complexity index is 509. The number of hydrogen-bond acceptors (Lipinski definition) is 2. The van der Waals surface area contributed by atoms with Crippen molar-refractivity contribution in [1.29, 1.82) is 0 Å². The second kappa shape index (κ2) is 4.82. The van der Waals surface area contributed by atoms with Gasteiger partial charge in [0, 0.05) is 0 Å². The summed E-state index contributed by atoms with van der Waals surface area (Å²) >= 11 is 0. The minimum atomic E-state index is 0.603. The highest BCUT2D eigenvalue weighted by atomic mass is 16.5. The van der Waals surface area contributed by atoms with Gasteiger partial charge >= 0.3 is 11.7 Å². The minimum absolute atomic E-state index is 0.603. The summed E-state index contributed by atoms with van der Waals surface area (Å²) in [7, 11) is 5.57. The Morgan fingerprint density at radius 3 is 2.53 bits per heavy atom. The van der Waals surface area contributed by atoms with Gasteiger partial charge in [-0.1, -0.05) is 18.2 Å². The maximum Gasteiger partial charge on any atom is 0.344 e. The van der Waals surface area contributed by atoms with Gasteiger partial charge in [0.25, 0.3) is 0 Å². The lowest BCUT2D eigenvalue weighted by Crippen LogP contribution is -2.35. The summed E-state index contributed by atoms with van der Waals surface area (Å²) in [5.74, 6) is 1.53. The number of nitrogens with zero attached hydrogens (tertiary/aromatic N) is 3. The molecule has 88 valence electrons. The molecule has 1 aromatic heterocycles. The van der Waals surface area contributed by atoms with E-state index in [0.717, 1.165) is 11.5 Å². The van der Waals surface area contributed by atoms with Crippen LogP contribution in [0.5, 0.6) is 0 Å². The van der Waals surface area contributed by atoms with Crippen LogP contribution < -0.4 is 4.57 Å². The quantitative estimate of drug-likeness (QED) is 0.437. The fraction of sp³-hybridized carbons (Fsp3) is 0.231. The molecule has 0 saturated carbocycles. The molecule has 17 heavy (non-hydrogen) atoms. The van der Waals surface area contributed by atoms with Crippen molar-refractivity contribution in [1.82, 2.24) is 4.57 Å². The number of rotatable bonds is 2. The zero-order valence-corrected chi connectivity index (χ0v) is 10.3. The molecule has 1 heterocycles. The summed E-state index contributed by atoms with van der Waals surface area (Å²) in [5, 5.41) is 0. The molecule has 0 unspecified atom stereocenters. The molecule has 0 aliphatic heterocycles. The molecule has 0 radical (unpaired) electrons. The van der Waals surface area contributed by atoms with Gasteiger partial charge in [0.05, 0.1) is 26.9 Å². The molecule has 2 rings (SSSR count). The predicted octanol–water partition coefficient (Wildman–Crippen LogP) is 1.57. The first-order valence-corrected chi connectivity index (χ1v) is 5.41. The molecule has 4 heteroatoms. The topological polar surface area (TPSA) is 30.4 Å². The second-order valence-electron chi connectivity index (χ2n) is 3.80. The van der Waals surface area contributed by atoms with Crippen molar-refractivity contribution in [2.75, 3.05) is 7.11 Å². The summed E-state index contributed by atoms with van der Waals surface area (Å²) in [6, 6.07) is 9.77. The fourth-order valence-corrected chi connectivity index (χ4v) is 1.70. The number of benzene rings is 1. The van der Waals surface area contributed by atoms with Gasteiger partial charge in [-0.2, -0.15) is 0 Å². The van der Waals surface area contributed by atoms with Crippen molar-refractivity contribution < 1.29 is 9.30 Å². The monoisotopic (exact) mass is 230 g/mol. The highest BCUT2D eigenvalue weighted by Gasteiger charge is 2.19. The van der Waals surface area contributed by atoms with Crippen molar-refractivity contribution in [2.24, 2.45) is 19.1 Å². The van der Waals surface area contributed by atoms with Crippen molar-refractivity contribution >= 4 is 11.6 Å². The van der Waals surface area contributed by atoms with Crippen molar-refractivity contribution in [2.45, 2.75) is 0 Å². The van der Waals surface area contributed by atoms with E-state index in [1.165, 1.54) is 0 Å². The van der Waals surface area contributed by atoms with Gasteiger partial charge in [-0.25, -0.2) is 14.1 Å². The highest BCUT2D eigenvalue weighted by molar-refractivity contribution is 5.91. The molecule has 2 aromatic rings. The van der Waals surface area contributed by atoms with Gasteiger partial charge in [-0.3, -0.25) is 0 Å². The minimum Gasteiger partial charge on any atom is -0.475 e. The molecule has 4 nitrogen and oxygen atoms in total. The smallest absolute Gasteiger partial charge is 0.344 e. The van der Waals surface area contributed by atoms with Crippen LogP contribution in [0.25, 0.3) is 0 Å². The Kier molecular flexibility index (Phi) is 3.23. The maximum atomic E-state index is 5.37. The lowest BCUT2D eigenvalue weighted by atomic mass is 10.3. The molecule has 0 N–H and O–H groups in total. The molecular formula is C13H16N3O+. The van der Waals surface area contributed by atoms with E-state index in [1.807, 2.05) is 66.0 Å². The Balaban J connectivity index is 2.44. The van der Waals surface area contributed by atoms with E-state index in [1.54, 1.807) is 7.11 Å². The molecule has 0 aliphatic rings. The third kappa shape index (κ3) is 2.36. The summed E-state index contributed by atoms with van der Waals surface area (Å²) in [6.45, 7) is 0. The van der Waals surface area contributed by atoms with Crippen LogP contribution in [0.4, 0.5) is 5.69 Å². The number of aryl methyl sites for hydroxylation is 2. The van der Waals surface area contributed by atoms with E-state index >= 15 is 0 Å². The average Bonchev–Trinajstić information content (AvgIpc) is 2.68. The molecule has 0 saturated heterocycles. The standard InChI is InChI=1S/C13H16N3O/c1-15-9-10-16(2)13(15)12(17-3)14-11-7-5-4-6-8-11/h4-10H,1-3H3/q+1/b14-12-. The Morgan fingerprint density at radius 2 is 2.00 bits per heavy atom. The number of methoxy groups -OCH3 is 1. The van der Waals surface area contributed by atoms with E-state index in [2.05, 4.69) is 4.99 Å². The molecule has 1 aromatic carbocycles. The first-order chi connectivity index (χ1) is 8.22. The zero-order valence-electron chi connectivity index (χ0n) is 10.3. The van der Waals surface area contributed by atoms with Crippen LogP contribution in [-0.2, 0) is 18.8 Å². The summed E-state index contributed by atoms with van der Waals surface area (Å²) in [4.78, 5) is 4.49. The van der Waals surface area contributed by atoms with Gasteiger partial charge in [0.1, 0.15) is 12.4 Å². The summed E-state index contributed by atoms with van der Waals surface area (Å²) in [6.07, 6.45) is 3.93. The number of aliphatic imine (C=N–C) groups is 1. The Hall–Kier alpha value is -2.10. The van der Waals surface area contributed by atoms with Crippen LogP contribution in [0.3, 0.4) is 0 Å². The van der Waals surface area contributed by atoms with Crippen LogP contribution >= 0.6 is 0 Å². The van der Waals surface area contributed by atoms with Crippen molar-refractivity contribution in [3.63, 3.8) is 0 Å². The largest absolute Gasteiger partial charge is 0.475 e. The summed E-state index contributed by atoms with van der Waals surface area (Å²) < 4.78 is 9.32. The number of para-hydroxylation sites is 1. The van der Waals surface area contributed by atoms with E-state index < -0.39 is 0 Å². The number of aromatic nitrogens is 2. The van der Waals surface area contributed by atoms with Gasteiger partial charge in [-0.15, -0.1) is 0 Å². The third-order valence-electron chi connectivity index (χ3n) is 2.55. The number of ether oxygens (including phenoxy) is 1. The molecule has 0 fully saturated rings. The fourth-order valence-electron chi connectivity index (χ4n) is 1.70. The van der Waals surface area contributed by atoms with Crippen molar-refractivity contribution in [3.05, 3.63) is 48.5 Å². The average molecular weight is 230 g/mol. The third-order valence-corrected chi connectivity index (χ3v) is 2.55. The summed E-state index contributed by atoms with van der Waals surface area (Å²) in [5.41, 5.74) is 0.880. The molecule has 0 amide bonds. The van der Waals surface area contributed by atoms with E-state index in [0.29, 0.717) is 5.90 Å². The number of hydrogen-bond donors (Lipinski definition) is 0. The molecular weight excluding hydrogens is 214 g/mol. The lowest BCUT2D eigenvalue weighted by Gasteiger charge is -2.02. The van der Waals surface area contributed by atoms with Crippen LogP contribution in [0.1, 0.15) is 5.82 Å². The molecule has 0 atom stereocenters. The van der Waals surface area contributed by atoms with E-state index in [-0.39, 0.29) is 0 Å². The van der Waals surface area contributed by atoms with Crippen LogP contribution in [0.15, 0.2) is 47.7 Å². The van der Waals surface area contributed by atoms with Crippen LogP contribution in [0.2, 0.25) is 0 Å². The molecule has 0 bridgehead atoms. The van der Waals surface area contributed by atoms with Gasteiger partial charge in [-0.05, 0) is 12.1 Å². The molecule has 0 spiro atoms. The zero-order chi connectivity index (χ0) is 12.3. The SMILES string of the molecule is CO/C(=N\c1ccccc1)c1n(C)cc[n+]1C. The van der Waals surface area contributed by atoms with Gasteiger partial charge in [0.2, 0.25) is 0 Å². The van der Waals surface area contributed by atoms with Gasteiger partial charge in [0.15, 0.2) is 0 Å². The maximum absolute atomic E-state index is 5.37. The first-order valence-electron chi connectivity index (χ1n) is 5.41. The van der Waals surface area contributed by atoms with E-state index in [4.69, 9.17) is 4.74 Å². The first kappa shape index (κ1) is 11.4. The number of imidazole rings is 1. The second-order valence-corrected chi connectivity index (χ2v) is 3.80.